The van der Waals surface area contributed by atoms with Crippen LogP contribution in [0, 0.1) is 5.41 Å². The molecule has 6 nitrogen and oxygen atoms in total. The molecule has 0 aliphatic carbocycles. The van der Waals surface area contributed by atoms with Crippen LogP contribution in [0.1, 0.15) is 40.5 Å². The lowest BCUT2D eigenvalue weighted by molar-refractivity contribution is -0.141. The fraction of sp³-hybridized carbons (Fsp3) is 0.643. The molecule has 0 saturated heterocycles. The van der Waals surface area contributed by atoms with Gasteiger partial charge < -0.3 is 15.7 Å². The monoisotopic (exact) mass is 284 g/mol. The van der Waals surface area contributed by atoms with Gasteiger partial charge in [0.05, 0.1) is 6.54 Å². The number of carbonyl (C=O) groups excluding carboxylic acids is 2. The third-order valence-electron chi connectivity index (χ3n) is 2.38. The molecular formula is C14H24N2O4. The summed E-state index contributed by atoms with van der Waals surface area (Å²) < 4.78 is 0. The fourth-order valence-corrected chi connectivity index (χ4v) is 1.46. The Morgan fingerprint density at radius 1 is 1.20 bits per heavy atom. The highest BCUT2D eigenvalue weighted by Gasteiger charge is 2.20. The second-order valence-corrected chi connectivity index (χ2v) is 5.78. The molecule has 3 N–H and O–H groups in total. The van der Waals surface area contributed by atoms with Crippen LogP contribution in [-0.4, -0.2) is 35.5 Å². The quantitative estimate of drug-likeness (QED) is 0.609. The molecule has 0 saturated carbocycles. The summed E-state index contributed by atoms with van der Waals surface area (Å²) in [4.78, 5) is 34.0. The molecule has 0 spiro atoms. The molecule has 6 heteroatoms. The van der Waals surface area contributed by atoms with E-state index in [1.165, 1.54) is 0 Å². The zero-order valence-electron chi connectivity index (χ0n) is 12.5. The lowest BCUT2D eigenvalue weighted by Crippen LogP contribution is -2.45. The normalized spacial score (nSPS) is 13.0. The van der Waals surface area contributed by atoms with E-state index in [0.29, 0.717) is 6.42 Å². The van der Waals surface area contributed by atoms with Crippen LogP contribution in [0.4, 0.5) is 0 Å². The predicted octanol–water partition coefficient (Wildman–Crippen LogP) is 1.07. The first kappa shape index (κ1) is 18.1. The summed E-state index contributed by atoms with van der Waals surface area (Å²) in [7, 11) is 0. The first-order valence-corrected chi connectivity index (χ1v) is 6.55. The standard InChI is InChI=1S/C14H24N2O4/c1-5-6-7-10(13(19)20)16-12(18)9-15-11(17)8-14(2,3)4/h5-6,10H,7-9H2,1-4H3,(H,15,17)(H,16,18)(H,19,20)/b6-5+. The maximum atomic E-state index is 11.6. The van der Waals surface area contributed by atoms with Crippen molar-refractivity contribution in [3.8, 4) is 0 Å². The Hall–Kier alpha value is -1.85. The summed E-state index contributed by atoms with van der Waals surface area (Å²) in [6.45, 7) is 7.32. The number of carboxylic acid groups (broad SMARTS) is 1. The summed E-state index contributed by atoms with van der Waals surface area (Å²) in [6.07, 6.45) is 3.90. The minimum absolute atomic E-state index is 0.157. The number of allylic oxidation sites excluding steroid dienone is 1. The van der Waals surface area contributed by atoms with Gasteiger partial charge in [0.2, 0.25) is 11.8 Å². The van der Waals surface area contributed by atoms with Crippen LogP contribution in [0.3, 0.4) is 0 Å². The average molecular weight is 284 g/mol. The first-order valence-electron chi connectivity index (χ1n) is 6.55. The molecule has 0 aromatic carbocycles. The Morgan fingerprint density at radius 2 is 1.80 bits per heavy atom. The molecule has 0 rings (SSSR count). The van der Waals surface area contributed by atoms with Crippen LogP contribution < -0.4 is 10.6 Å². The molecule has 0 heterocycles. The molecule has 0 aliphatic rings. The van der Waals surface area contributed by atoms with E-state index in [4.69, 9.17) is 5.11 Å². The third kappa shape index (κ3) is 9.13. The van der Waals surface area contributed by atoms with Gasteiger partial charge >= 0.3 is 5.97 Å². The zero-order chi connectivity index (χ0) is 15.8. The molecular weight excluding hydrogens is 260 g/mol. The van der Waals surface area contributed by atoms with Crippen LogP contribution >= 0.6 is 0 Å². The van der Waals surface area contributed by atoms with Gasteiger partial charge in [-0.05, 0) is 18.8 Å². The Labute approximate surface area is 119 Å². The van der Waals surface area contributed by atoms with E-state index in [-0.39, 0.29) is 24.3 Å². The molecule has 0 radical (unpaired) electrons. The van der Waals surface area contributed by atoms with Gasteiger partial charge in [0.15, 0.2) is 0 Å². The number of rotatable bonds is 7. The van der Waals surface area contributed by atoms with Crippen LogP contribution in [0.2, 0.25) is 0 Å². The molecule has 1 unspecified atom stereocenters. The minimum Gasteiger partial charge on any atom is -0.480 e. The third-order valence-corrected chi connectivity index (χ3v) is 2.38. The van der Waals surface area contributed by atoms with Crippen molar-refractivity contribution in [2.24, 2.45) is 5.41 Å². The maximum Gasteiger partial charge on any atom is 0.326 e. The van der Waals surface area contributed by atoms with E-state index >= 15 is 0 Å². The molecule has 0 fully saturated rings. The Morgan fingerprint density at radius 3 is 2.25 bits per heavy atom. The molecule has 2 amide bonds. The van der Waals surface area contributed by atoms with Crippen LogP contribution in [0.15, 0.2) is 12.2 Å². The second-order valence-electron chi connectivity index (χ2n) is 5.78. The second kappa shape index (κ2) is 8.35. The first-order chi connectivity index (χ1) is 9.15. The molecule has 0 bridgehead atoms. The van der Waals surface area contributed by atoms with Crippen molar-refractivity contribution >= 4 is 17.8 Å². The highest BCUT2D eigenvalue weighted by atomic mass is 16.4. The Balaban J connectivity index is 4.20. The predicted molar refractivity (Wildman–Crippen MR) is 76.1 cm³/mol. The van der Waals surface area contributed by atoms with Crippen molar-refractivity contribution in [2.45, 2.75) is 46.6 Å². The van der Waals surface area contributed by atoms with E-state index in [0.717, 1.165) is 0 Å². The fourth-order valence-electron chi connectivity index (χ4n) is 1.46. The molecule has 0 aromatic rings. The van der Waals surface area contributed by atoms with E-state index in [2.05, 4.69) is 10.6 Å². The van der Waals surface area contributed by atoms with Gasteiger partial charge in [-0.1, -0.05) is 32.9 Å². The average Bonchev–Trinajstić information content (AvgIpc) is 2.29. The van der Waals surface area contributed by atoms with Gasteiger partial charge in [0, 0.05) is 6.42 Å². The number of nitrogens with one attached hydrogen (secondary N) is 2. The largest absolute Gasteiger partial charge is 0.480 e. The van der Waals surface area contributed by atoms with E-state index in [1.807, 2.05) is 20.8 Å². The van der Waals surface area contributed by atoms with Crippen LogP contribution in [0.25, 0.3) is 0 Å². The summed E-state index contributed by atoms with van der Waals surface area (Å²) in [5.41, 5.74) is -0.157. The van der Waals surface area contributed by atoms with E-state index in [9.17, 15) is 14.4 Å². The number of aliphatic carboxylic acids is 1. The van der Waals surface area contributed by atoms with Gasteiger partial charge in [-0.2, -0.15) is 0 Å². The number of hydrogen-bond acceptors (Lipinski definition) is 3. The topological polar surface area (TPSA) is 95.5 Å². The Kier molecular flexibility index (Phi) is 7.57. The van der Waals surface area contributed by atoms with Crippen LogP contribution in [0.5, 0.6) is 0 Å². The van der Waals surface area contributed by atoms with Crippen molar-refractivity contribution in [2.75, 3.05) is 6.54 Å². The van der Waals surface area contributed by atoms with Crippen molar-refractivity contribution in [3.05, 3.63) is 12.2 Å². The highest BCUT2D eigenvalue weighted by Crippen LogP contribution is 2.17. The molecule has 0 aliphatic heterocycles. The lowest BCUT2D eigenvalue weighted by Gasteiger charge is -2.17. The van der Waals surface area contributed by atoms with Gasteiger partial charge in [-0.3, -0.25) is 9.59 Å². The van der Waals surface area contributed by atoms with Crippen LogP contribution in [-0.2, 0) is 14.4 Å². The molecule has 114 valence electrons. The molecule has 0 aromatic heterocycles. The summed E-state index contributed by atoms with van der Waals surface area (Å²) >= 11 is 0. The summed E-state index contributed by atoms with van der Waals surface area (Å²) in [5, 5.41) is 13.8. The zero-order valence-corrected chi connectivity index (χ0v) is 12.5. The van der Waals surface area contributed by atoms with Crippen molar-refractivity contribution in [1.29, 1.82) is 0 Å². The summed E-state index contributed by atoms with van der Waals surface area (Å²) in [6, 6.07) is -0.974. The number of amides is 2. The smallest absolute Gasteiger partial charge is 0.326 e. The highest BCUT2D eigenvalue weighted by molar-refractivity contribution is 5.88. The van der Waals surface area contributed by atoms with E-state index < -0.39 is 17.9 Å². The maximum absolute atomic E-state index is 11.6. The number of carboxylic acids is 1. The van der Waals surface area contributed by atoms with Crippen molar-refractivity contribution in [1.82, 2.24) is 10.6 Å². The SMILES string of the molecule is C/C=C/CC(NC(=O)CNC(=O)CC(C)(C)C)C(=O)O. The molecule has 20 heavy (non-hydrogen) atoms. The molecule has 1 atom stereocenters. The van der Waals surface area contributed by atoms with Gasteiger partial charge in [0.25, 0.3) is 0 Å². The van der Waals surface area contributed by atoms with Gasteiger partial charge in [-0.15, -0.1) is 0 Å². The lowest BCUT2D eigenvalue weighted by atomic mass is 9.92. The summed E-state index contributed by atoms with van der Waals surface area (Å²) in [5.74, 6) is -1.84. The van der Waals surface area contributed by atoms with E-state index in [1.54, 1.807) is 19.1 Å². The Bertz CT molecular complexity index is 383. The van der Waals surface area contributed by atoms with Gasteiger partial charge in [-0.25, -0.2) is 4.79 Å². The van der Waals surface area contributed by atoms with Gasteiger partial charge in [0.1, 0.15) is 6.04 Å². The van der Waals surface area contributed by atoms with Crippen molar-refractivity contribution in [3.63, 3.8) is 0 Å². The minimum atomic E-state index is -1.10. The number of carbonyl (C=O) groups is 3. The van der Waals surface area contributed by atoms with Crippen molar-refractivity contribution < 1.29 is 19.5 Å². The number of hydrogen-bond donors (Lipinski definition) is 3.